The highest BCUT2D eigenvalue weighted by atomic mass is 16.6. The lowest BCUT2D eigenvalue weighted by Gasteiger charge is -2.39. The van der Waals surface area contributed by atoms with Crippen LogP contribution in [0.1, 0.15) is 29.7 Å². The molecule has 9 heteroatoms. The minimum absolute atomic E-state index is 0.0538. The third-order valence-electron chi connectivity index (χ3n) is 4.71. The van der Waals surface area contributed by atoms with Gasteiger partial charge in [0.05, 0.1) is 30.6 Å². The second kappa shape index (κ2) is 7.27. The van der Waals surface area contributed by atoms with E-state index in [1.807, 2.05) is 31.5 Å². The van der Waals surface area contributed by atoms with Crippen molar-refractivity contribution in [3.8, 4) is 0 Å². The SMILES string of the molecule is Cc1cc(C)n(CC(C)C(=O)N2CC(C(=O)NCc3nonc3C)C2)n1. The van der Waals surface area contributed by atoms with Crippen LogP contribution >= 0.6 is 0 Å². The summed E-state index contributed by atoms with van der Waals surface area (Å²) in [7, 11) is 0. The monoisotopic (exact) mass is 360 g/mol. The molecular formula is C17H24N6O3. The van der Waals surface area contributed by atoms with Crippen LogP contribution in [0, 0.1) is 32.6 Å². The molecule has 0 saturated carbocycles. The molecule has 1 aliphatic heterocycles. The number of aryl methyl sites for hydroxylation is 3. The first-order valence-corrected chi connectivity index (χ1v) is 8.70. The lowest BCUT2D eigenvalue weighted by Crippen LogP contribution is -2.57. The number of aromatic nitrogens is 4. The molecule has 0 radical (unpaired) electrons. The van der Waals surface area contributed by atoms with Gasteiger partial charge in [-0.3, -0.25) is 14.3 Å². The molecule has 1 atom stereocenters. The number of amides is 2. The van der Waals surface area contributed by atoms with Crippen molar-refractivity contribution >= 4 is 11.8 Å². The Morgan fingerprint density at radius 3 is 2.62 bits per heavy atom. The highest BCUT2D eigenvalue weighted by molar-refractivity contribution is 5.85. The Morgan fingerprint density at radius 1 is 1.31 bits per heavy atom. The fourth-order valence-electron chi connectivity index (χ4n) is 3.06. The van der Waals surface area contributed by atoms with Gasteiger partial charge in [0.1, 0.15) is 11.4 Å². The van der Waals surface area contributed by atoms with Gasteiger partial charge < -0.3 is 10.2 Å². The number of carbonyl (C=O) groups is 2. The smallest absolute Gasteiger partial charge is 0.227 e. The lowest BCUT2D eigenvalue weighted by atomic mass is 9.96. The van der Waals surface area contributed by atoms with E-state index in [2.05, 4.69) is 25.4 Å². The van der Waals surface area contributed by atoms with Gasteiger partial charge in [0.25, 0.3) is 0 Å². The van der Waals surface area contributed by atoms with Crippen LogP contribution in [0.3, 0.4) is 0 Å². The number of rotatable bonds is 6. The molecule has 1 fully saturated rings. The van der Waals surface area contributed by atoms with E-state index in [1.165, 1.54) is 0 Å². The van der Waals surface area contributed by atoms with Gasteiger partial charge in [0.15, 0.2) is 0 Å². The van der Waals surface area contributed by atoms with Crippen molar-refractivity contribution in [2.24, 2.45) is 11.8 Å². The first-order valence-electron chi connectivity index (χ1n) is 8.70. The third-order valence-corrected chi connectivity index (χ3v) is 4.71. The van der Waals surface area contributed by atoms with E-state index in [0.29, 0.717) is 31.0 Å². The predicted molar refractivity (Wildman–Crippen MR) is 91.8 cm³/mol. The Bertz CT molecular complexity index is 805. The predicted octanol–water partition coefficient (Wildman–Crippen LogP) is 0.602. The summed E-state index contributed by atoms with van der Waals surface area (Å²) in [5, 5.41) is 14.6. The van der Waals surface area contributed by atoms with E-state index in [-0.39, 0.29) is 30.2 Å². The summed E-state index contributed by atoms with van der Waals surface area (Å²) >= 11 is 0. The van der Waals surface area contributed by atoms with Gasteiger partial charge >= 0.3 is 0 Å². The molecule has 0 aliphatic carbocycles. The van der Waals surface area contributed by atoms with Crippen molar-refractivity contribution in [1.29, 1.82) is 0 Å². The van der Waals surface area contributed by atoms with Crippen LogP contribution in [-0.4, -0.2) is 49.9 Å². The van der Waals surface area contributed by atoms with Gasteiger partial charge in [-0.05, 0) is 26.8 Å². The van der Waals surface area contributed by atoms with Crippen LogP contribution in [-0.2, 0) is 22.7 Å². The number of nitrogens with one attached hydrogen (secondary N) is 1. The first kappa shape index (κ1) is 18.1. The Balaban J connectivity index is 1.44. The van der Waals surface area contributed by atoms with Crippen molar-refractivity contribution in [2.45, 2.75) is 40.8 Å². The highest BCUT2D eigenvalue weighted by Crippen LogP contribution is 2.20. The van der Waals surface area contributed by atoms with Crippen molar-refractivity contribution in [3.63, 3.8) is 0 Å². The Kier molecular flexibility index (Phi) is 5.06. The number of hydrogen-bond donors (Lipinski definition) is 1. The molecule has 1 aliphatic rings. The molecule has 1 saturated heterocycles. The largest absolute Gasteiger partial charge is 0.350 e. The summed E-state index contributed by atoms with van der Waals surface area (Å²) in [6.45, 7) is 9.30. The van der Waals surface area contributed by atoms with Crippen LogP contribution in [0.2, 0.25) is 0 Å². The van der Waals surface area contributed by atoms with E-state index < -0.39 is 0 Å². The number of carbonyl (C=O) groups excluding carboxylic acids is 2. The standard InChI is InChI=1S/C17H24N6O3/c1-10(7-23-12(3)5-11(2)19-23)17(25)22-8-14(9-22)16(24)18-6-15-13(4)20-26-21-15/h5,10,14H,6-9H2,1-4H3,(H,18,24). The summed E-state index contributed by atoms with van der Waals surface area (Å²) in [6.07, 6.45) is 0. The second-order valence-electron chi connectivity index (χ2n) is 6.96. The molecule has 3 rings (SSSR count). The summed E-state index contributed by atoms with van der Waals surface area (Å²) in [6, 6.07) is 1.99. The number of nitrogens with zero attached hydrogens (tertiary/aromatic N) is 5. The molecular weight excluding hydrogens is 336 g/mol. The Hall–Kier alpha value is -2.71. The van der Waals surface area contributed by atoms with Gasteiger partial charge in [-0.1, -0.05) is 17.2 Å². The van der Waals surface area contributed by atoms with E-state index >= 15 is 0 Å². The zero-order valence-electron chi connectivity index (χ0n) is 15.5. The van der Waals surface area contributed by atoms with Crippen molar-refractivity contribution < 1.29 is 14.2 Å². The molecule has 140 valence electrons. The number of likely N-dealkylation sites (tertiary alicyclic amines) is 1. The fourth-order valence-corrected chi connectivity index (χ4v) is 3.06. The Labute approximate surface area is 151 Å². The first-order chi connectivity index (χ1) is 12.3. The van der Waals surface area contributed by atoms with Gasteiger partial charge in [-0.25, -0.2) is 4.63 Å². The highest BCUT2D eigenvalue weighted by Gasteiger charge is 2.37. The molecule has 1 N–H and O–H groups in total. The summed E-state index contributed by atoms with van der Waals surface area (Å²) < 4.78 is 6.46. The maximum Gasteiger partial charge on any atom is 0.227 e. The lowest BCUT2D eigenvalue weighted by molar-refractivity contribution is -0.146. The zero-order valence-corrected chi connectivity index (χ0v) is 15.5. The minimum Gasteiger partial charge on any atom is -0.350 e. The van der Waals surface area contributed by atoms with E-state index in [0.717, 1.165) is 11.4 Å². The topological polar surface area (TPSA) is 106 Å². The summed E-state index contributed by atoms with van der Waals surface area (Å²) in [5.41, 5.74) is 3.26. The van der Waals surface area contributed by atoms with Gasteiger partial charge in [-0.2, -0.15) is 5.10 Å². The quantitative estimate of drug-likeness (QED) is 0.809. The zero-order chi connectivity index (χ0) is 18.8. The summed E-state index contributed by atoms with van der Waals surface area (Å²) in [5.74, 6) is -0.387. The molecule has 1 unspecified atom stereocenters. The third kappa shape index (κ3) is 3.76. The molecule has 2 aromatic heterocycles. The van der Waals surface area contributed by atoms with Crippen LogP contribution in [0.25, 0.3) is 0 Å². The van der Waals surface area contributed by atoms with Crippen LogP contribution in [0.4, 0.5) is 0 Å². The van der Waals surface area contributed by atoms with Gasteiger partial charge in [-0.15, -0.1) is 0 Å². The Morgan fingerprint density at radius 2 is 2.04 bits per heavy atom. The molecule has 0 aromatic carbocycles. The van der Waals surface area contributed by atoms with Gasteiger partial charge in [0, 0.05) is 18.8 Å². The summed E-state index contributed by atoms with van der Waals surface area (Å²) in [4.78, 5) is 26.4. The second-order valence-corrected chi connectivity index (χ2v) is 6.96. The van der Waals surface area contributed by atoms with Crippen molar-refractivity contribution in [2.75, 3.05) is 13.1 Å². The van der Waals surface area contributed by atoms with E-state index in [4.69, 9.17) is 0 Å². The maximum absolute atomic E-state index is 12.5. The molecule has 26 heavy (non-hydrogen) atoms. The van der Waals surface area contributed by atoms with Gasteiger partial charge in [0.2, 0.25) is 11.8 Å². The maximum atomic E-state index is 12.5. The normalized spacial score (nSPS) is 15.6. The van der Waals surface area contributed by atoms with Crippen molar-refractivity contribution in [3.05, 3.63) is 28.8 Å². The molecule has 2 amide bonds. The molecule has 9 nitrogen and oxygen atoms in total. The van der Waals surface area contributed by atoms with Crippen LogP contribution in [0.5, 0.6) is 0 Å². The fraction of sp³-hybridized carbons (Fsp3) is 0.588. The van der Waals surface area contributed by atoms with Crippen LogP contribution in [0.15, 0.2) is 10.7 Å². The average Bonchev–Trinajstić information content (AvgIpc) is 3.08. The molecule has 0 bridgehead atoms. The number of hydrogen-bond acceptors (Lipinski definition) is 6. The minimum atomic E-state index is -0.181. The molecule has 0 spiro atoms. The van der Waals surface area contributed by atoms with E-state index in [1.54, 1.807) is 11.8 Å². The molecule has 3 heterocycles. The van der Waals surface area contributed by atoms with Crippen molar-refractivity contribution in [1.82, 2.24) is 30.3 Å². The molecule has 2 aromatic rings. The van der Waals surface area contributed by atoms with E-state index in [9.17, 15) is 9.59 Å². The average molecular weight is 360 g/mol. The van der Waals surface area contributed by atoms with Crippen LogP contribution < -0.4 is 5.32 Å².